The van der Waals surface area contributed by atoms with Crippen LogP contribution in [0, 0.1) is 5.92 Å². The number of fused-ring (bicyclic) bond motifs is 11. The number of furan rings is 1. The number of hydrogen-bond acceptors (Lipinski definition) is 4. The van der Waals surface area contributed by atoms with E-state index in [0.29, 0.717) is 17.7 Å². The molecule has 270 valence electrons. The summed E-state index contributed by atoms with van der Waals surface area (Å²) in [6.45, 7) is 4.75. The van der Waals surface area contributed by atoms with Crippen molar-refractivity contribution in [3.63, 3.8) is 0 Å². The Labute approximate surface area is 327 Å². The molecule has 0 aliphatic heterocycles. The Balaban J connectivity index is 0.916. The van der Waals surface area contributed by atoms with E-state index in [1.807, 2.05) is 6.07 Å². The second-order valence-corrected chi connectivity index (χ2v) is 16.9. The molecule has 4 heteroatoms. The van der Waals surface area contributed by atoms with Gasteiger partial charge in [0, 0.05) is 33.2 Å². The lowest BCUT2D eigenvalue weighted by Crippen LogP contribution is -2.26. The minimum atomic E-state index is -0.0753. The van der Waals surface area contributed by atoms with E-state index < -0.39 is 0 Å². The minimum absolute atomic E-state index is 0.0753. The van der Waals surface area contributed by atoms with Crippen LogP contribution in [0.15, 0.2) is 149 Å². The van der Waals surface area contributed by atoms with Crippen molar-refractivity contribution >= 4 is 33.1 Å². The van der Waals surface area contributed by atoms with Gasteiger partial charge in [-0.25, -0.2) is 15.0 Å². The van der Waals surface area contributed by atoms with E-state index in [-0.39, 0.29) is 11.3 Å². The van der Waals surface area contributed by atoms with Gasteiger partial charge < -0.3 is 4.42 Å². The summed E-state index contributed by atoms with van der Waals surface area (Å²) < 4.78 is 6.39. The summed E-state index contributed by atoms with van der Waals surface area (Å²) in [5.74, 6) is 3.74. The Morgan fingerprint density at radius 2 is 1.39 bits per heavy atom. The van der Waals surface area contributed by atoms with E-state index in [1.165, 1.54) is 79.3 Å². The van der Waals surface area contributed by atoms with Gasteiger partial charge in [-0.15, -0.1) is 0 Å². The van der Waals surface area contributed by atoms with Crippen molar-refractivity contribution in [3.8, 4) is 33.9 Å². The van der Waals surface area contributed by atoms with Gasteiger partial charge in [0.2, 0.25) is 0 Å². The molecule has 12 rings (SSSR count). The Morgan fingerprint density at radius 1 is 0.643 bits per heavy atom. The van der Waals surface area contributed by atoms with Gasteiger partial charge >= 0.3 is 0 Å². The van der Waals surface area contributed by atoms with E-state index >= 15 is 0 Å². The summed E-state index contributed by atoms with van der Waals surface area (Å²) in [6, 6.07) is 39.4. The molecule has 5 aromatic carbocycles. The van der Waals surface area contributed by atoms with Crippen LogP contribution in [0.4, 0.5) is 0 Å². The van der Waals surface area contributed by atoms with Crippen LogP contribution < -0.4 is 0 Å². The molecule has 56 heavy (non-hydrogen) atoms. The van der Waals surface area contributed by atoms with Crippen LogP contribution in [0.25, 0.3) is 67.0 Å². The third kappa shape index (κ3) is 4.75. The van der Waals surface area contributed by atoms with Crippen molar-refractivity contribution in [2.24, 2.45) is 5.92 Å². The predicted molar refractivity (Wildman–Crippen MR) is 227 cm³/mol. The molecular weight excluding hydrogens is 683 g/mol. The van der Waals surface area contributed by atoms with E-state index in [4.69, 9.17) is 19.4 Å². The summed E-state index contributed by atoms with van der Waals surface area (Å²) in [7, 11) is 0. The van der Waals surface area contributed by atoms with Gasteiger partial charge in [0.05, 0.1) is 0 Å². The molecule has 4 nitrogen and oxygen atoms in total. The molecule has 5 aliphatic rings. The molecule has 0 amide bonds. The number of benzene rings is 5. The highest BCUT2D eigenvalue weighted by molar-refractivity contribution is 6.07. The normalized spacial score (nSPS) is 21.4. The first-order chi connectivity index (χ1) is 27.5. The van der Waals surface area contributed by atoms with Crippen LogP contribution in [0.5, 0.6) is 0 Å². The third-order valence-electron chi connectivity index (χ3n) is 13.6. The number of rotatable bonds is 4. The lowest BCUT2D eigenvalue weighted by molar-refractivity contribution is 0.343. The molecule has 7 aromatic rings. The third-order valence-corrected chi connectivity index (χ3v) is 13.6. The second-order valence-electron chi connectivity index (χ2n) is 16.9. The molecule has 1 saturated carbocycles. The quantitative estimate of drug-likeness (QED) is 0.181. The molecule has 0 spiro atoms. The van der Waals surface area contributed by atoms with Gasteiger partial charge in [-0.3, -0.25) is 0 Å². The van der Waals surface area contributed by atoms with Gasteiger partial charge in [-0.05, 0) is 124 Å². The predicted octanol–water partition coefficient (Wildman–Crippen LogP) is 13.2. The van der Waals surface area contributed by atoms with Crippen LogP contribution in [0.2, 0.25) is 0 Å². The second kappa shape index (κ2) is 11.9. The van der Waals surface area contributed by atoms with Gasteiger partial charge in [0.25, 0.3) is 0 Å². The van der Waals surface area contributed by atoms with Crippen molar-refractivity contribution in [1.29, 1.82) is 0 Å². The molecule has 0 bridgehead atoms. The summed E-state index contributed by atoms with van der Waals surface area (Å²) >= 11 is 0. The maximum atomic E-state index is 6.39. The highest BCUT2D eigenvalue weighted by Gasteiger charge is 2.41. The van der Waals surface area contributed by atoms with E-state index in [2.05, 4.69) is 141 Å². The molecule has 0 radical (unpaired) electrons. The highest BCUT2D eigenvalue weighted by Crippen LogP contribution is 2.58. The molecule has 1 fully saturated rings. The van der Waals surface area contributed by atoms with Crippen LogP contribution in [-0.2, 0) is 5.41 Å². The zero-order valence-corrected chi connectivity index (χ0v) is 31.7. The molecule has 3 unspecified atom stereocenters. The van der Waals surface area contributed by atoms with Gasteiger partial charge in [0.1, 0.15) is 11.2 Å². The van der Waals surface area contributed by atoms with Crippen LogP contribution in [0.3, 0.4) is 0 Å². The van der Waals surface area contributed by atoms with Gasteiger partial charge in [0.15, 0.2) is 17.5 Å². The maximum Gasteiger partial charge on any atom is 0.164 e. The SMILES string of the molecule is CC1(C)C2=C(CC(C3=CCCC(c4nc(-c5ccccc5)nc(-c5ccc6c(c5)-c5ccccc5C5CCC65)n4)=C3)C=C2)c2cc3oc4ccccc4c3cc21. The number of allylic oxidation sites excluding steroid dienone is 8. The monoisotopic (exact) mass is 723 g/mol. The molecular formula is C52H41N3O. The van der Waals surface area contributed by atoms with Crippen molar-refractivity contribution in [2.75, 3.05) is 0 Å². The first-order valence-electron chi connectivity index (χ1n) is 20.3. The molecule has 2 aromatic heterocycles. The average molecular weight is 724 g/mol. The van der Waals surface area contributed by atoms with E-state index in [0.717, 1.165) is 53.2 Å². The summed E-state index contributed by atoms with van der Waals surface area (Å²) in [4.78, 5) is 15.6. The van der Waals surface area contributed by atoms with Crippen molar-refractivity contribution < 1.29 is 4.42 Å². The number of hydrogen-bond donors (Lipinski definition) is 0. The molecule has 5 aliphatic carbocycles. The average Bonchev–Trinajstić information content (AvgIpc) is 3.70. The van der Waals surface area contributed by atoms with Crippen molar-refractivity contribution in [3.05, 3.63) is 173 Å². The fourth-order valence-corrected chi connectivity index (χ4v) is 10.6. The zero-order chi connectivity index (χ0) is 37.1. The Kier molecular flexibility index (Phi) is 6.85. The Morgan fingerprint density at radius 3 is 2.25 bits per heavy atom. The van der Waals surface area contributed by atoms with Gasteiger partial charge in [-0.1, -0.05) is 123 Å². The topological polar surface area (TPSA) is 51.8 Å². The van der Waals surface area contributed by atoms with E-state index in [1.54, 1.807) is 0 Å². The first kappa shape index (κ1) is 32.1. The summed E-state index contributed by atoms with van der Waals surface area (Å²) in [5.41, 5.74) is 17.7. The first-order valence-corrected chi connectivity index (χ1v) is 20.3. The summed E-state index contributed by atoms with van der Waals surface area (Å²) in [6.07, 6.45) is 15.0. The summed E-state index contributed by atoms with van der Waals surface area (Å²) in [5, 5.41) is 2.39. The van der Waals surface area contributed by atoms with Crippen molar-refractivity contribution in [2.45, 2.75) is 63.2 Å². The van der Waals surface area contributed by atoms with Crippen molar-refractivity contribution in [1.82, 2.24) is 15.0 Å². The zero-order valence-electron chi connectivity index (χ0n) is 31.7. The Bertz CT molecular complexity index is 2940. The van der Waals surface area contributed by atoms with Crippen LogP contribution in [-0.4, -0.2) is 15.0 Å². The highest BCUT2D eigenvalue weighted by atomic mass is 16.3. The molecule has 2 heterocycles. The van der Waals surface area contributed by atoms with Gasteiger partial charge in [-0.2, -0.15) is 0 Å². The fraction of sp³-hybridized carbons (Fsp3) is 0.212. The molecule has 0 N–H and O–H groups in total. The largest absolute Gasteiger partial charge is 0.456 e. The molecule has 3 atom stereocenters. The lowest BCUT2D eigenvalue weighted by atomic mass is 9.61. The number of aromatic nitrogens is 3. The van der Waals surface area contributed by atoms with E-state index in [9.17, 15) is 0 Å². The Hall–Kier alpha value is -6.13. The minimum Gasteiger partial charge on any atom is -0.456 e. The molecule has 0 saturated heterocycles. The lowest BCUT2D eigenvalue weighted by Gasteiger charge is -2.43. The standard InChI is InChI=1S/C52H41N3O/c1-52(2)45-24-20-32(26-42(45)43-29-48-44(28-46(43)52)40-17-8-9-18-47(40)56-48)31-13-10-14-33(25-31)50-53-49(30-11-4-3-5-12-30)54-51(55-50)34-19-21-39-38-23-22-37(38)35-15-6-7-16-36(35)41(39)27-34/h3-9,11-13,15-21,24-25,27-29,32,37-38H,10,14,22-23,26H2,1-2H3. The number of nitrogens with zero attached hydrogens (tertiary/aromatic N) is 3. The van der Waals surface area contributed by atoms with Crippen LogP contribution >= 0.6 is 0 Å². The smallest absolute Gasteiger partial charge is 0.164 e. The van der Waals surface area contributed by atoms with Crippen LogP contribution in [0.1, 0.15) is 85.9 Å². The number of para-hydroxylation sites is 1. The maximum absolute atomic E-state index is 6.39. The fourth-order valence-electron chi connectivity index (χ4n) is 10.6.